The van der Waals surface area contributed by atoms with Crippen LogP contribution >= 0.6 is 0 Å². The predicted molar refractivity (Wildman–Crippen MR) is 63.2 cm³/mol. The van der Waals surface area contributed by atoms with Crippen molar-refractivity contribution in [2.24, 2.45) is 5.73 Å². The van der Waals surface area contributed by atoms with Gasteiger partial charge in [0.05, 0.1) is 0 Å². The van der Waals surface area contributed by atoms with Crippen molar-refractivity contribution in [2.75, 3.05) is 6.54 Å². The molecule has 5 nitrogen and oxygen atoms in total. The van der Waals surface area contributed by atoms with Crippen LogP contribution in [0, 0.1) is 5.82 Å². The Kier molecular flexibility index (Phi) is 3.57. The lowest BCUT2D eigenvalue weighted by molar-refractivity contribution is -0.119. The van der Waals surface area contributed by atoms with E-state index in [1.54, 1.807) is 0 Å². The van der Waals surface area contributed by atoms with Crippen molar-refractivity contribution in [1.29, 1.82) is 0 Å². The summed E-state index contributed by atoms with van der Waals surface area (Å²) in [6.07, 6.45) is 0.386. The second-order valence-electron chi connectivity index (χ2n) is 4.26. The van der Waals surface area contributed by atoms with E-state index in [0.29, 0.717) is 18.5 Å². The van der Waals surface area contributed by atoms with Crippen LogP contribution in [-0.4, -0.2) is 24.4 Å². The van der Waals surface area contributed by atoms with E-state index in [-0.39, 0.29) is 24.1 Å². The molecule has 1 aromatic rings. The molecule has 1 saturated heterocycles. The van der Waals surface area contributed by atoms with E-state index in [4.69, 9.17) is 5.73 Å². The molecule has 1 atom stereocenters. The highest BCUT2D eigenvalue weighted by Crippen LogP contribution is 2.11. The molecule has 96 valence electrons. The lowest BCUT2D eigenvalue weighted by atomic mass is 10.1. The molecule has 0 bridgehead atoms. The van der Waals surface area contributed by atoms with Gasteiger partial charge in [-0.15, -0.1) is 0 Å². The predicted octanol–water partition coefficient (Wildman–Crippen LogP) is -0.0973. The van der Waals surface area contributed by atoms with Gasteiger partial charge in [0.25, 0.3) is 0 Å². The number of benzene rings is 1. The average Bonchev–Trinajstić information content (AvgIpc) is 2.74. The first-order valence-corrected chi connectivity index (χ1v) is 5.64. The highest BCUT2D eigenvalue weighted by Gasteiger charge is 2.20. The molecule has 18 heavy (non-hydrogen) atoms. The topological polar surface area (TPSA) is 84.2 Å². The summed E-state index contributed by atoms with van der Waals surface area (Å²) in [6.45, 7) is 0.794. The van der Waals surface area contributed by atoms with Gasteiger partial charge < -0.3 is 16.4 Å². The first-order chi connectivity index (χ1) is 8.56. The summed E-state index contributed by atoms with van der Waals surface area (Å²) in [6, 6.07) is 3.99. The number of amides is 2. The maximum absolute atomic E-state index is 13.5. The van der Waals surface area contributed by atoms with Gasteiger partial charge in [-0.3, -0.25) is 9.59 Å². The summed E-state index contributed by atoms with van der Waals surface area (Å²) >= 11 is 0. The van der Waals surface area contributed by atoms with Gasteiger partial charge in [-0.25, -0.2) is 4.39 Å². The molecule has 0 radical (unpaired) electrons. The number of carbonyl (C=O) groups is 2. The molecular weight excluding hydrogens is 237 g/mol. The Balaban J connectivity index is 2.02. The number of nitrogens with two attached hydrogens (primary N) is 1. The Morgan fingerprint density at radius 1 is 1.56 bits per heavy atom. The molecule has 1 fully saturated rings. The second kappa shape index (κ2) is 5.14. The van der Waals surface area contributed by atoms with Gasteiger partial charge in [-0.05, 0) is 18.2 Å². The van der Waals surface area contributed by atoms with Gasteiger partial charge >= 0.3 is 0 Å². The molecule has 2 amide bonds. The van der Waals surface area contributed by atoms with Crippen LogP contribution < -0.4 is 16.4 Å². The third kappa shape index (κ3) is 2.84. The third-order valence-electron chi connectivity index (χ3n) is 2.89. The fourth-order valence-electron chi connectivity index (χ4n) is 1.87. The summed E-state index contributed by atoms with van der Waals surface area (Å²) < 4.78 is 13.5. The Morgan fingerprint density at radius 3 is 2.94 bits per heavy atom. The lowest BCUT2D eigenvalue weighted by Gasteiger charge is -2.11. The van der Waals surface area contributed by atoms with E-state index in [2.05, 4.69) is 10.6 Å². The Hall–Kier alpha value is -1.95. The number of rotatable bonds is 4. The summed E-state index contributed by atoms with van der Waals surface area (Å²) in [4.78, 5) is 22.0. The summed E-state index contributed by atoms with van der Waals surface area (Å²) in [5.74, 6) is -1.00. The number of halogens is 1. The van der Waals surface area contributed by atoms with E-state index >= 15 is 0 Å². The molecule has 0 aromatic heterocycles. The molecule has 4 N–H and O–H groups in total. The molecule has 6 heteroatoms. The van der Waals surface area contributed by atoms with Crippen molar-refractivity contribution in [3.8, 4) is 0 Å². The molecule has 0 spiro atoms. The molecular formula is C12H14FN3O2. The van der Waals surface area contributed by atoms with Crippen LogP contribution in [0.2, 0.25) is 0 Å². The molecule has 1 heterocycles. The standard InChI is InChI=1S/C12H14FN3O2/c13-10-2-1-7(12(14)18)3-8(10)5-15-9-4-11(17)16-6-9/h1-3,9,15H,4-6H2,(H2,14,18)(H,16,17). The largest absolute Gasteiger partial charge is 0.366 e. The van der Waals surface area contributed by atoms with Crippen molar-refractivity contribution in [2.45, 2.75) is 19.0 Å². The Labute approximate surface area is 104 Å². The zero-order valence-electron chi connectivity index (χ0n) is 9.70. The molecule has 1 aromatic carbocycles. The van der Waals surface area contributed by atoms with Crippen molar-refractivity contribution in [1.82, 2.24) is 10.6 Å². The smallest absolute Gasteiger partial charge is 0.248 e. The minimum absolute atomic E-state index is 0.00543. The van der Waals surface area contributed by atoms with Gasteiger partial charge in [-0.1, -0.05) is 0 Å². The van der Waals surface area contributed by atoms with Gasteiger partial charge in [0.2, 0.25) is 11.8 Å². The van der Waals surface area contributed by atoms with E-state index in [9.17, 15) is 14.0 Å². The second-order valence-corrected chi connectivity index (χ2v) is 4.26. The Morgan fingerprint density at radius 2 is 2.33 bits per heavy atom. The highest BCUT2D eigenvalue weighted by molar-refractivity contribution is 5.92. The van der Waals surface area contributed by atoms with Gasteiger partial charge in [-0.2, -0.15) is 0 Å². The van der Waals surface area contributed by atoms with E-state index in [1.165, 1.54) is 18.2 Å². The molecule has 1 unspecified atom stereocenters. The average molecular weight is 251 g/mol. The summed E-state index contributed by atoms with van der Waals surface area (Å²) in [5, 5.41) is 5.74. The zero-order chi connectivity index (χ0) is 13.1. The monoisotopic (exact) mass is 251 g/mol. The first-order valence-electron chi connectivity index (χ1n) is 5.64. The number of hydrogen-bond donors (Lipinski definition) is 3. The quantitative estimate of drug-likeness (QED) is 0.699. The first kappa shape index (κ1) is 12.5. The fraction of sp³-hybridized carbons (Fsp3) is 0.333. The lowest BCUT2D eigenvalue weighted by Crippen LogP contribution is -2.30. The SMILES string of the molecule is NC(=O)c1ccc(F)c(CNC2CNC(=O)C2)c1. The maximum Gasteiger partial charge on any atom is 0.248 e. The summed E-state index contributed by atoms with van der Waals surface area (Å²) in [7, 11) is 0. The van der Waals surface area contributed by atoms with E-state index in [0.717, 1.165) is 0 Å². The van der Waals surface area contributed by atoms with Crippen molar-refractivity contribution >= 4 is 11.8 Å². The Bertz CT molecular complexity index is 490. The van der Waals surface area contributed by atoms with Crippen LogP contribution in [0.25, 0.3) is 0 Å². The van der Waals surface area contributed by atoms with Crippen molar-refractivity contribution < 1.29 is 14.0 Å². The van der Waals surface area contributed by atoms with Crippen LogP contribution in [0.5, 0.6) is 0 Å². The third-order valence-corrected chi connectivity index (χ3v) is 2.89. The minimum atomic E-state index is -0.589. The molecule has 1 aliphatic rings. The van der Waals surface area contributed by atoms with Gasteiger partial charge in [0.1, 0.15) is 5.82 Å². The maximum atomic E-state index is 13.5. The van der Waals surface area contributed by atoms with Crippen molar-refractivity contribution in [3.05, 3.63) is 35.1 Å². The van der Waals surface area contributed by atoms with Crippen LogP contribution in [0.4, 0.5) is 4.39 Å². The van der Waals surface area contributed by atoms with Gasteiger partial charge in [0, 0.05) is 36.7 Å². The molecule has 2 rings (SSSR count). The molecule has 0 saturated carbocycles. The minimum Gasteiger partial charge on any atom is -0.366 e. The van der Waals surface area contributed by atoms with Crippen LogP contribution in [-0.2, 0) is 11.3 Å². The van der Waals surface area contributed by atoms with E-state index in [1.807, 2.05) is 0 Å². The van der Waals surface area contributed by atoms with E-state index < -0.39 is 11.7 Å². The molecule has 0 aliphatic carbocycles. The van der Waals surface area contributed by atoms with Crippen LogP contribution in [0.15, 0.2) is 18.2 Å². The molecule has 1 aliphatic heterocycles. The number of hydrogen-bond acceptors (Lipinski definition) is 3. The number of primary amides is 1. The fourth-order valence-corrected chi connectivity index (χ4v) is 1.87. The van der Waals surface area contributed by atoms with Gasteiger partial charge in [0.15, 0.2) is 0 Å². The summed E-state index contributed by atoms with van der Waals surface area (Å²) in [5.41, 5.74) is 5.77. The number of carbonyl (C=O) groups excluding carboxylic acids is 2. The zero-order valence-corrected chi connectivity index (χ0v) is 9.70. The van der Waals surface area contributed by atoms with Crippen molar-refractivity contribution in [3.63, 3.8) is 0 Å². The number of nitrogens with one attached hydrogen (secondary N) is 2. The normalized spacial score (nSPS) is 18.7. The van der Waals surface area contributed by atoms with Crippen LogP contribution in [0.1, 0.15) is 22.3 Å². The van der Waals surface area contributed by atoms with Crippen LogP contribution in [0.3, 0.4) is 0 Å². The highest BCUT2D eigenvalue weighted by atomic mass is 19.1.